The van der Waals surface area contributed by atoms with E-state index in [9.17, 15) is 13.2 Å². The van der Waals surface area contributed by atoms with Gasteiger partial charge in [-0.3, -0.25) is 4.79 Å². The van der Waals surface area contributed by atoms with Gasteiger partial charge in [-0.05, 0) is 55.3 Å². The van der Waals surface area contributed by atoms with Crippen molar-refractivity contribution >= 4 is 33.0 Å². The summed E-state index contributed by atoms with van der Waals surface area (Å²) in [5, 5.41) is 4.63. The van der Waals surface area contributed by atoms with Crippen LogP contribution in [0.2, 0.25) is 0 Å². The number of rotatable bonds is 4. The highest BCUT2D eigenvalue weighted by Gasteiger charge is 2.39. The summed E-state index contributed by atoms with van der Waals surface area (Å²) >= 11 is 1.18. The number of nitrogens with zero attached hydrogens (tertiary/aromatic N) is 1. The van der Waals surface area contributed by atoms with E-state index in [4.69, 9.17) is 0 Å². The molecule has 7 heteroatoms. The maximum atomic E-state index is 12.7. The SMILES string of the molecule is Cc1cccc(NC(=O)C2CCCN2S(=O)(=O)c2cccs2)c1C. The molecule has 1 N–H and O–H groups in total. The summed E-state index contributed by atoms with van der Waals surface area (Å²) in [5.41, 5.74) is 2.82. The van der Waals surface area contributed by atoms with Crippen molar-refractivity contribution in [2.24, 2.45) is 0 Å². The molecule has 0 spiro atoms. The van der Waals surface area contributed by atoms with Crippen LogP contribution in [0.3, 0.4) is 0 Å². The highest BCUT2D eigenvalue weighted by atomic mass is 32.2. The molecule has 24 heavy (non-hydrogen) atoms. The number of carbonyl (C=O) groups excluding carboxylic acids is 1. The number of amides is 1. The highest BCUT2D eigenvalue weighted by molar-refractivity contribution is 7.91. The first-order chi connectivity index (χ1) is 11.4. The molecule has 1 unspecified atom stereocenters. The van der Waals surface area contributed by atoms with Gasteiger partial charge in [0.25, 0.3) is 10.0 Å². The molecule has 0 radical (unpaired) electrons. The molecule has 0 saturated carbocycles. The van der Waals surface area contributed by atoms with Gasteiger partial charge in [0.1, 0.15) is 10.3 Å². The van der Waals surface area contributed by atoms with Gasteiger partial charge in [0.15, 0.2) is 0 Å². The smallest absolute Gasteiger partial charge is 0.253 e. The topological polar surface area (TPSA) is 66.5 Å². The average molecular weight is 364 g/mol. The summed E-state index contributed by atoms with van der Waals surface area (Å²) in [7, 11) is -3.61. The molecule has 0 bridgehead atoms. The molecule has 1 aliphatic rings. The zero-order valence-electron chi connectivity index (χ0n) is 13.7. The molecular weight excluding hydrogens is 344 g/mol. The number of carbonyl (C=O) groups is 1. The molecule has 1 fully saturated rings. The second-order valence-electron chi connectivity index (χ2n) is 5.94. The maximum Gasteiger partial charge on any atom is 0.253 e. The lowest BCUT2D eigenvalue weighted by atomic mass is 10.1. The minimum atomic E-state index is -3.61. The third-order valence-corrected chi connectivity index (χ3v) is 7.71. The number of hydrogen-bond acceptors (Lipinski definition) is 4. The van der Waals surface area contributed by atoms with Crippen molar-refractivity contribution in [3.63, 3.8) is 0 Å². The lowest BCUT2D eigenvalue weighted by Crippen LogP contribution is -2.42. The molecule has 1 aromatic heterocycles. The van der Waals surface area contributed by atoms with E-state index in [-0.39, 0.29) is 10.1 Å². The van der Waals surface area contributed by atoms with E-state index in [1.165, 1.54) is 15.6 Å². The molecule has 2 aromatic rings. The van der Waals surface area contributed by atoms with Crippen molar-refractivity contribution in [2.75, 3.05) is 11.9 Å². The molecule has 128 valence electrons. The maximum absolute atomic E-state index is 12.7. The summed E-state index contributed by atoms with van der Waals surface area (Å²) in [4.78, 5) is 12.7. The Morgan fingerprint density at radius 3 is 2.75 bits per heavy atom. The quantitative estimate of drug-likeness (QED) is 0.906. The minimum absolute atomic E-state index is 0.263. The van der Waals surface area contributed by atoms with Gasteiger partial charge in [-0.15, -0.1) is 11.3 Å². The van der Waals surface area contributed by atoms with Crippen LogP contribution >= 0.6 is 11.3 Å². The number of nitrogens with one attached hydrogen (secondary N) is 1. The predicted molar refractivity (Wildman–Crippen MR) is 95.8 cm³/mol. The Hall–Kier alpha value is -1.70. The minimum Gasteiger partial charge on any atom is -0.324 e. The van der Waals surface area contributed by atoms with Gasteiger partial charge in [-0.2, -0.15) is 4.31 Å². The Morgan fingerprint density at radius 2 is 2.04 bits per heavy atom. The zero-order valence-corrected chi connectivity index (χ0v) is 15.3. The zero-order chi connectivity index (χ0) is 17.3. The van der Waals surface area contributed by atoms with Crippen LogP contribution in [-0.2, 0) is 14.8 Å². The van der Waals surface area contributed by atoms with Crippen LogP contribution in [-0.4, -0.2) is 31.2 Å². The van der Waals surface area contributed by atoms with Crippen LogP contribution < -0.4 is 5.32 Å². The summed E-state index contributed by atoms with van der Waals surface area (Å²) in [5.74, 6) is -0.263. The summed E-state index contributed by atoms with van der Waals surface area (Å²) in [6, 6.07) is 8.34. The standard InChI is InChI=1S/C17H20N2O3S2/c1-12-6-3-7-14(13(12)2)18-17(20)15-8-4-10-19(15)24(21,22)16-9-5-11-23-16/h3,5-7,9,11,15H,4,8,10H2,1-2H3,(H,18,20). The monoisotopic (exact) mass is 364 g/mol. The number of thiophene rings is 1. The third-order valence-electron chi connectivity index (χ3n) is 4.43. The van der Waals surface area contributed by atoms with Gasteiger partial charge < -0.3 is 5.32 Å². The summed E-state index contributed by atoms with van der Waals surface area (Å²) in [6.07, 6.45) is 1.23. The van der Waals surface area contributed by atoms with E-state index in [2.05, 4.69) is 5.32 Å². The molecular formula is C17H20N2O3S2. The second kappa shape index (κ2) is 6.66. The normalized spacial score (nSPS) is 18.7. The van der Waals surface area contributed by atoms with Crippen LogP contribution in [0.15, 0.2) is 39.9 Å². The number of anilines is 1. The fourth-order valence-electron chi connectivity index (χ4n) is 2.92. The lowest BCUT2D eigenvalue weighted by Gasteiger charge is -2.23. The lowest BCUT2D eigenvalue weighted by molar-refractivity contribution is -0.119. The van der Waals surface area contributed by atoms with Gasteiger partial charge >= 0.3 is 0 Å². The molecule has 1 aliphatic heterocycles. The first kappa shape index (κ1) is 17.1. The molecule has 5 nitrogen and oxygen atoms in total. The first-order valence-corrected chi connectivity index (χ1v) is 10.2. The van der Waals surface area contributed by atoms with Gasteiger partial charge in [0, 0.05) is 12.2 Å². The molecule has 1 aromatic carbocycles. The van der Waals surface area contributed by atoms with Crippen LogP contribution in [0.5, 0.6) is 0 Å². The van der Waals surface area contributed by atoms with E-state index in [0.717, 1.165) is 16.8 Å². The number of sulfonamides is 1. The fraction of sp³-hybridized carbons (Fsp3) is 0.353. The van der Waals surface area contributed by atoms with Gasteiger partial charge in [0.05, 0.1) is 0 Å². The largest absolute Gasteiger partial charge is 0.324 e. The van der Waals surface area contributed by atoms with Crippen LogP contribution in [0, 0.1) is 13.8 Å². The Kier molecular flexibility index (Phi) is 4.76. The molecule has 3 rings (SSSR count). The fourth-order valence-corrected chi connectivity index (χ4v) is 5.69. The average Bonchev–Trinajstić information content (AvgIpc) is 3.22. The van der Waals surface area contributed by atoms with Crippen molar-refractivity contribution in [3.8, 4) is 0 Å². The third kappa shape index (κ3) is 3.11. The number of benzene rings is 1. The van der Waals surface area contributed by atoms with Crippen molar-refractivity contribution in [1.29, 1.82) is 0 Å². The highest BCUT2D eigenvalue weighted by Crippen LogP contribution is 2.29. The Bertz CT molecular complexity index is 845. The van der Waals surface area contributed by atoms with Gasteiger partial charge in [-0.25, -0.2) is 8.42 Å². The predicted octanol–water partition coefficient (Wildman–Crippen LogP) is 3.16. The van der Waals surface area contributed by atoms with E-state index in [0.29, 0.717) is 19.4 Å². The first-order valence-electron chi connectivity index (χ1n) is 7.83. The Morgan fingerprint density at radius 1 is 1.25 bits per heavy atom. The van der Waals surface area contributed by atoms with Crippen LogP contribution in [0.4, 0.5) is 5.69 Å². The Balaban J connectivity index is 1.83. The molecule has 1 amide bonds. The van der Waals surface area contributed by atoms with Gasteiger partial charge in [0.2, 0.25) is 5.91 Å². The van der Waals surface area contributed by atoms with Crippen LogP contribution in [0.25, 0.3) is 0 Å². The molecule has 1 atom stereocenters. The Labute approximate surface area is 146 Å². The summed E-state index contributed by atoms with van der Waals surface area (Å²) < 4.78 is 27.1. The molecule has 0 aliphatic carbocycles. The second-order valence-corrected chi connectivity index (χ2v) is 9.01. The van der Waals surface area contributed by atoms with Crippen molar-refractivity contribution in [3.05, 3.63) is 46.8 Å². The summed E-state index contributed by atoms with van der Waals surface area (Å²) in [6.45, 7) is 4.30. The van der Waals surface area contributed by atoms with E-state index in [1.54, 1.807) is 17.5 Å². The number of aryl methyl sites for hydroxylation is 1. The van der Waals surface area contributed by atoms with Crippen molar-refractivity contribution in [2.45, 2.75) is 36.9 Å². The van der Waals surface area contributed by atoms with E-state index >= 15 is 0 Å². The molecule has 2 heterocycles. The number of hydrogen-bond donors (Lipinski definition) is 1. The van der Waals surface area contributed by atoms with E-state index < -0.39 is 16.1 Å². The van der Waals surface area contributed by atoms with E-state index in [1.807, 2.05) is 32.0 Å². The van der Waals surface area contributed by atoms with Gasteiger partial charge in [-0.1, -0.05) is 18.2 Å². The molecule has 1 saturated heterocycles. The van der Waals surface area contributed by atoms with Crippen molar-refractivity contribution in [1.82, 2.24) is 4.31 Å². The van der Waals surface area contributed by atoms with Crippen molar-refractivity contribution < 1.29 is 13.2 Å². The van der Waals surface area contributed by atoms with Crippen LogP contribution in [0.1, 0.15) is 24.0 Å².